The summed E-state index contributed by atoms with van der Waals surface area (Å²) in [6, 6.07) is 13.3. The molecule has 35 heavy (non-hydrogen) atoms. The number of hydrogen-bond acceptors (Lipinski definition) is 4. The van der Waals surface area contributed by atoms with Gasteiger partial charge >= 0.3 is 0 Å². The van der Waals surface area contributed by atoms with Crippen molar-refractivity contribution < 1.29 is 18.0 Å². The van der Waals surface area contributed by atoms with Crippen LogP contribution in [0.15, 0.2) is 48.5 Å². The first kappa shape index (κ1) is 28.7. The number of benzene rings is 2. The van der Waals surface area contributed by atoms with Crippen molar-refractivity contribution in [2.75, 3.05) is 17.1 Å². The number of rotatable bonds is 12. The van der Waals surface area contributed by atoms with E-state index in [4.69, 9.17) is 11.6 Å². The Kier molecular flexibility index (Phi) is 10.6. The zero-order valence-electron chi connectivity index (χ0n) is 21.1. The number of halogens is 1. The molecule has 0 saturated heterocycles. The molecular formula is C26H36ClN3O4S. The van der Waals surface area contributed by atoms with Crippen LogP contribution in [0.1, 0.15) is 51.7 Å². The van der Waals surface area contributed by atoms with E-state index in [1.54, 1.807) is 36.4 Å². The second kappa shape index (κ2) is 12.9. The maximum Gasteiger partial charge on any atom is 0.244 e. The normalized spacial score (nSPS) is 13.1. The second-order valence-corrected chi connectivity index (χ2v) is 11.0. The van der Waals surface area contributed by atoms with Gasteiger partial charge in [-0.2, -0.15) is 0 Å². The highest BCUT2D eigenvalue weighted by molar-refractivity contribution is 7.92. The Morgan fingerprint density at radius 1 is 0.943 bits per heavy atom. The van der Waals surface area contributed by atoms with E-state index in [9.17, 15) is 18.0 Å². The van der Waals surface area contributed by atoms with Gasteiger partial charge in [0.2, 0.25) is 21.8 Å². The van der Waals surface area contributed by atoms with E-state index in [2.05, 4.69) is 5.32 Å². The highest BCUT2D eigenvalue weighted by Gasteiger charge is 2.32. The van der Waals surface area contributed by atoms with E-state index in [1.165, 1.54) is 4.90 Å². The topological polar surface area (TPSA) is 86.8 Å². The molecule has 1 N–H and O–H groups in total. The molecule has 0 heterocycles. The summed E-state index contributed by atoms with van der Waals surface area (Å²) in [7, 11) is -3.75. The zero-order valence-corrected chi connectivity index (χ0v) is 22.7. The minimum Gasteiger partial charge on any atom is -0.352 e. The van der Waals surface area contributed by atoms with Crippen molar-refractivity contribution in [1.82, 2.24) is 10.2 Å². The molecule has 192 valence electrons. The van der Waals surface area contributed by atoms with Gasteiger partial charge in [-0.1, -0.05) is 56.6 Å². The summed E-state index contributed by atoms with van der Waals surface area (Å²) in [6.45, 7) is 7.45. The number of amides is 2. The van der Waals surface area contributed by atoms with Crippen molar-refractivity contribution in [2.24, 2.45) is 0 Å². The molecule has 2 aromatic carbocycles. The molecule has 2 unspecified atom stereocenters. The quantitative estimate of drug-likeness (QED) is 0.448. The first-order valence-electron chi connectivity index (χ1n) is 11.9. The van der Waals surface area contributed by atoms with Crippen LogP contribution in [0.25, 0.3) is 0 Å². The Bertz CT molecular complexity index is 1090. The molecule has 0 spiro atoms. The van der Waals surface area contributed by atoms with Gasteiger partial charge in [0.1, 0.15) is 12.6 Å². The fraction of sp³-hybridized carbons (Fsp3) is 0.462. The molecule has 0 aliphatic heterocycles. The van der Waals surface area contributed by atoms with Gasteiger partial charge in [-0.25, -0.2) is 8.42 Å². The minimum atomic E-state index is -3.75. The third-order valence-corrected chi connectivity index (χ3v) is 7.36. The molecule has 0 aromatic heterocycles. The number of nitrogens with zero attached hydrogens (tertiary/aromatic N) is 2. The maximum absolute atomic E-state index is 13.6. The highest BCUT2D eigenvalue weighted by atomic mass is 35.5. The van der Waals surface area contributed by atoms with Crippen molar-refractivity contribution in [3.05, 3.63) is 64.7 Å². The lowest BCUT2D eigenvalue weighted by Crippen LogP contribution is -2.53. The van der Waals surface area contributed by atoms with Gasteiger partial charge in [-0.3, -0.25) is 13.9 Å². The number of hydrogen-bond donors (Lipinski definition) is 1. The van der Waals surface area contributed by atoms with Gasteiger partial charge in [0, 0.05) is 17.6 Å². The minimum absolute atomic E-state index is 0.0476. The zero-order chi connectivity index (χ0) is 26.2. The number of carbonyl (C=O) groups is 2. The van der Waals surface area contributed by atoms with Gasteiger partial charge in [-0.15, -0.1) is 0 Å². The van der Waals surface area contributed by atoms with E-state index >= 15 is 0 Å². The van der Waals surface area contributed by atoms with Crippen LogP contribution in [0.4, 0.5) is 5.69 Å². The molecule has 2 rings (SSSR count). The second-order valence-electron chi connectivity index (χ2n) is 8.68. The number of nitrogens with one attached hydrogen (secondary N) is 1. The number of aryl methyl sites for hydroxylation is 1. The van der Waals surface area contributed by atoms with Crippen molar-refractivity contribution in [1.29, 1.82) is 0 Å². The Hall–Kier alpha value is -2.58. The van der Waals surface area contributed by atoms with Crippen LogP contribution in [-0.4, -0.2) is 50.0 Å². The lowest BCUT2D eigenvalue weighted by molar-refractivity contribution is -0.140. The third-order valence-electron chi connectivity index (χ3n) is 5.96. The number of anilines is 1. The monoisotopic (exact) mass is 521 g/mol. The molecule has 7 nitrogen and oxygen atoms in total. The van der Waals surface area contributed by atoms with E-state index < -0.39 is 28.5 Å². The third kappa shape index (κ3) is 8.25. The van der Waals surface area contributed by atoms with Crippen LogP contribution in [0.5, 0.6) is 0 Å². The standard InChI is InChI=1S/C26H36ClN3O4S/c1-6-19(4)28-26(32)24(8-3)29(17-21-9-13-22(27)14-10-21)25(31)18-30(35(5,33)34)23-15-11-20(7-2)12-16-23/h9-16,19,24H,6-8,17-18H2,1-5H3,(H,28,32). The van der Waals surface area contributed by atoms with Crippen LogP contribution >= 0.6 is 11.6 Å². The summed E-state index contributed by atoms with van der Waals surface area (Å²) < 4.78 is 26.4. The van der Waals surface area contributed by atoms with Crippen LogP contribution in [0, 0.1) is 0 Å². The van der Waals surface area contributed by atoms with E-state index in [-0.39, 0.29) is 18.5 Å². The lowest BCUT2D eigenvalue weighted by atomic mass is 10.1. The molecule has 0 bridgehead atoms. The Labute approximate surface area is 214 Å². The van der Waals surface area contributed by atoms with Crippen LogP contribution in [0.2, 0.25) is 5.02 Å². The average molecular weight is 522 g/mol. The SMILES string of the molecule is CCc1ccc(N(CC(=O)N(Cc2ccc(Cl)cc2)C(CC)C(=O)NC(C)CC)S(C)(=O)=O)cc1. The van der Waals surface area contributed by atoms with E-state index in [0.717, 1.165) is 34.5 Å². The molecule has 2 atom stereocenters. The van der Waals surface area contributed by atoms with Gasteiger partial charge < -0.3 is 10.2 Å². The molecule has 9 heteroatoms. The van der Waals surface area contributed by atoms with Crippen molar-refractivity contribution in [3.8, 4) is 0 Å². The first-order chi connectivity index (χ1) is 16.5. The number of sulfonamides is 1. The molecule has 2 aromatic rings. The summed E-state index contributed by atoms with van der Waals surface area (Å²) in [5.74, 6) is -0.724. The van der Waals surface area contributed by atoms with Gasteiger partial charge in [-0.05, 0) is 61.6 Å². The highest BCUT2D eigenvalue weighted by Crippen LogP contribution is 2.21. The van der Waals surface area contributed by atoms with Crippen LogP contribution in [0.3, 0.4) is 0 Å². The van der Waals surface area contributed by atoms with Crippen LogP contribution in [-0.2, 0) is 32.6 Å². The van der Waals surface area contributed by atoms with Crippen LogP contribution < -0.4 is 9.62 Å². The fourth-order valence-corrected chi connectivity index (χ4v) is 4.63. The Balaban J connectivity index is 2.42. The van der Waals surface area contributed by atoms with Crippen molar-refractivity contribution >= 4 is 39.1 Å². The molecule has 0 saturated carbocycles. The number of carbonyl (C=O) groups excluding carboxylic acids is 2. The first-order valence-corrected chi connectivity index (χ1v) is 14.1. The predicted octanol–water partition coefficient (Wildman–Crippen LogP) is 4.39. The van der Waals surface area contributed by atoms with Gasteiger partial charge in [0.15, 0.2) is 0 Å². The largest absolute Gasteiger partial charge is 0.352 e. The maximum atomic E-state index is 13.6. The molecule has 0 aliphatic rings. The van der Waals surface area contributed by atoms with Crippen molar-refractivity contribution in [2.45, 2.75) is 65.6 Å². The van der Waals surface area contributed by atoms with Crippen molar-refractivity contribution in [3.63, 3.8) is 0 Å². The summed E-state index contributed by atoms with van der Waals surface area (Å²) in [4.78, 5) is 28.2. The molecule has 0 radical (unpaired) electrons. The Morgan fingerprint density at radius 3 is 2.00 bits per heavy atom. The predicted molar refractivity (Wildman–Crippen MR) is 142 cm³/mol. The fourth-order valence-electron chi connectivity index (χ4n) is 3.66. The summed E-state index contributed by atoms with van der Waals surface area (Å²) in [5.41, 5.74) is 2.25. The lowest BCUT2D eigenvalue weighted by Gasteiger charge is -2.33. The molecule has 0 fully saturated rings. The van der Waals surface area contributed by atoms with E-state index in [0.29, 0.717) is 17.1 Å². The average Bonchev–Trinajstić information content (AvgIpc) is 2.82. The smallest absolute Gasteiger partial charge is 0.244 e. The van der Waals surface area contributed by atoms with E-state index in [1.807, 2.05) is 39.8 Å². The summed E-state index contributed by atoms with van der Waals surface area (Å²) in [5, 5.41) is 3.51. The molecular weight excluding hydrogens is 486 g/mol. The molecule has 2 amide bonds. The van der Waals surface area contributed by atoms with Gasteiger partial charge in [0.25, 0.3) is 0 Å². The Morgan fingerprint density at radius 2 is 1.51 bits per heavy atom. The van der Waals surface area contributed by atoms with Gasteiger partial charge in [0.05, 0.1) is 11.9 Å². The summed E-state index contributed by atoms with van der Waals surface area (Å²) >= 11 is 6.01. The molecule has 0 aliphatic carbocycles. The summed E-state index contributed by atoms with van der Waals surface area (Å²) in [6.07, 6.45) is 3.02.